The van der Waals surface area contributed by atoms with Crippen LogP contribution in [0.5, 0.6) is 0 Å². The predicted octanol–water partition coefficient (Wildman–Crippen LogP) is -5.77. The van der Waals surface area contributed by atoms with Gasteiger partial charge in [-0.2, -0.15) is 0 Å². The van der Waals surface area contributed by atoms with Crippen molar-refractivity contribution in [3.8, 4) is 0 Å². The SMILES string of the molecule is [B]c1c(N)c2c(c([B])c1F)C(=O)N(C1C(=O)NC(=O)C([B])([B])C1([B])O)C2([B])[B]. The number of fused-ring (bicyclic) bond motifs is 1. The summed E-state index contributed by atoms with van der Waals surface area (Å²) in [5, 5.41) is 7.18. The Kier molecular flexibility index (Phi) is 4.25. The van der Waals surface area contributed by atoms with Crippen LogP contribution >= 0.6 is 0 Å². The molecule has 1 fully saturated rings. The van der Waals surface area contributed by atoms with Gasteiger partial charge in [-0.05, 0) is 27.0 Å². The maximum atomic E-state index is 14.2. The molecule has 124 valence electrons. The quantitative estimate of drug-likeness (QED) is 0.262. The molecule has 2 atom stereocenters. The van der Waals surface area contributed by atoms with Gasteiger partial charge < -0.3 is 15.7 Å². The minimum atomic E-state index is -3.04. The van der Waals surface area contributed by atoms with Crippen molar-refractivity contribution in [1.82, 2.24) is 10.2 Å². The van der Waals surface area contributed by atoms with E-state index in [1.807, 2.05) is 0 Å². The number of nitrogens with one attached hydrogen (secondary N) is 1. The summed E-state index contributed by atoms with van der Waals surface area (Å²) >= 11 is 0. The lowest BCUT2D eigenvalue weighted by Crippen LogP contribution is -2.75. The Bertz CT molecular complexity index is 968. The van der Waals surface area contributed by atoms with Crippen molar-refractivity contribution in [3.63, 3.8) is 0 Å². The second kappa shape index (κ2) is 5.75. The van der Waals surface area contributed by atoms with Gasteiger partial charge in [0.05, 0.1) is 36.9 Å². The second-order valence-corrected chi connectivity index (χ2v) is 6.72. The molecular weight excluding hydrogens is 357 g/mol. The molecule has 2 heterocycles. The summed E-state index contributed by atoms with van der Waals surface area (Å²) < 4.78 is 14.2. The standard InChI is InChI=1S/C13H5B7FN3O4/c14-3-1-2(6(22)4(15)5(3)21)13(19,20)24(9(1)26)7-8(25)23-10(27)11(16,17)12(7,18)28/h7,28H,22H2,(H,23,25,27). The molecule has 7 nitrogen and oxygen atoms in total. The number of rotatable bonds is 1. The Morgan fingerprint density at radius 3 is 2.14 bits per heavy atom. The van der Waals surface area contributed by atoms with Gasteiger partial charge in [0.2, 0.25) is 5.91 Å². The van der Waals surface area contributed by atoms with Crippen molar-refractivity contribution >= 4 is 89.3 Å². The average molecular weight is 362 g/mol. The van der Waals surface area contributed by atoms with Gasteiger partial charge in [0.1, 0.15) is 35.4 Å². The number of hydrogen-bond donors (Lipinski definition) is 3. The van der Waals surface area contributed by atoms with E-state index in [2.05, 4.69) is 0 Å². The van der Waals surface area contributed by atoms with Crippen LogP contribution in [-0.2, 0) is 14.9 Å². The smallest absolute Gasteiger partial charge is 0.253 e. The number of aliphatic hydroxyl groups is 1. The van der Waals surface area contributed by atoms with Crippen LogP contribution in [0, 0.1) is 5.82 Å². The molecule has 15 heteroatoms. The molecule has 3 amide bonds. The van der Waals surface area contributed by atoms with Crippen LogP contribution in [0.2, 0.25) is 5.21 Å². The fraction of sp³-hybridized carbons (Fsp3) is 0.308. The van der Waals surface area contributed by atoms with Crippen LogP contribution in [0.25, 0.3) is 0 Å². The summed E-state index contributed by atoms with van der Waals surface area (Å²) in [4.78, 5) is 37.6. The number of halogens is 1. The fourth-order valence-corrected chi connectivity index (χ4v) is 3.36. The maximum absolute atomic E-state index is 14.2. The number of benzene rings is 1. The highest BCUT2D eigenvalue weighted by Crippen LogP contribution is 2.45. The maximum Gasteiger partial charge on any atom is 0.253 e. The summed E-state index contributed by atoms with van der Waals surface area (Å²) in [5.74, 6) is -5.05. The zero-order valence-electron chi connectivity index (χ0n) is 14.2. The van der Waals surface area contributed by atoms with Crippen molar-refractivity contribution in [1.29, 1.82) is 0 Å². The largest absolute Gasteiger partial charge is 0.399 e. The lowest BCUT2D eigenvalue weighted by Gasteiger charge is -2.54. The number of nitrogens with two attached hydrogens (primary N) is 1. The molecule has 14 radical (unpaired) electrons. The van der Waals surface area contributed by atoms with Crippen LogP contribution in [0.15, 0.2) is 0 Å². The molecule has 4 N–H and O–H groups in total. The van der Waals surface area contributed by atoms with Crippen molar-refractivity contribution < 1.29 is 23.9 Å². The molecule has 28 heavy (non-hydrogen) atoms. The Labute approximate surface area is 168 Å². The Morgan fingerprint density at radius 1 is 1.07 bits per heavy atom. The molecule has 3 rings (SSSR count). The van der Waals surface area contributed by atoms with Crippen LogP contribution < -0.4 is 22.0 Å². The van der Waals surface area contributed by atoms with Crippen LogP contribution in [0.4, 0.5) is 10.1 Å². The molecule has 0 aliphatic carbocycles. The first-order valence-electron chi connectivity index (χ1n) is 7.62. The van der Waals surface area contributed by atoms with Crippen molar-refractivity contribution in [2.24, 2.45) is 0 Å². The van der Waals surface area contributed by atoms with Crippen LogP contribution in [-0.4, -0.2) is 94.2 Å². The van der Waals surface area contributed by atoms with Crippen molar-refractivity contribution in [3.05, 3.63) is 16.9 Å². The molecule has 0 spiro atoms. The summed E-state index contributed by atoms with van der Waals surface area (Å²) in [6.07, 6.45) is 0. The highest BCUT2D eigenvalue weighted by molar-refractivity contribution is 6.57. The first kappa shape index (κ1) is 20.7. The lowest BCUT2D eigenvalue weighted by atomic mass is 9.37. The molecule has 0 bridgehead atoms. The van der Waals surface area contributed by atoms with Gasteiger partial charge in [-0.3, -0.25) is 19.7 Å². The van der Waals surface area contributed by atoms with E-state index in [0.717, 1.165) is 0 Å². The van der Waals surface area contributed by atoms with E-state index in [9.17, 15) is 23.9 Å². The summed E-state index contributed by atoms with van der Waals surface area (Å²) in [7, 11) is 39.9. The molecular formula is C13H5B7FN3O4. The van der Waals surface area contributed by atoms with Gasteiger partial charge in [-0.25, -0.2) is 4.39 Å². The van der Waals surface area contributed by atoms with Crippen LogP contribution in [0.1, 0.15) is 15.9 Å². The van der Waals surface area contributed by atoms with Gasteiger partial charge in [-0.15, -0.1) is 0 Å². The predicted molar refractivity (Wildman–Crippen MR) is 103 cm³/mol. The van der Waals surface area contributed by atoms with E-state index >= 15 is 0 Å². The van der Waals surface area contributed by atoms with Gasteiger partial charge in [0.15, 0.2) is 0 Å². The third-order valence-electron chi connectivity index (χ3n) is 4.98. The molecule has 1 saturated heterocycles. The average Bonchev–Trinajstić information content (AvgIpc) is 2.77. The Hall–Kier alpha value is -2.03. The Balaban J connectivity index is 2.29. The number of imide groups is 1. The number of carbonyl (C=O) groups is 3. The van der Waals surface area contributed by atoms with Crippen LogP contribution in [0.3, 0.4) is 0 Å². The normalized spacial score (nSPS) is 28.1. The van der Waals surface area contributed by atoms with Gasteiger partial charge in [0.25, 0.3) is 11.8 Å². The topological polar surface area (TPSA) is 113 Å². The highest BCUT2D eigenvalue weighted by Gasteiger charge is 2.62. The van der Waals surface area contributed by atoms with Crippen molar-refractivity contribution in [2.45, 2.75) is 22.1 Å². The third-order valence-corrected chi connectivity index (χ3v) is 4.98. The van der Waals surface area contributed by atoms with Gasteiger partial charge in [-0.1, -0.05) is 0 Å². The number of piperidine rings is 1. The monoisotopic (exact) mass is 363 g/mol. The second-order valence-electron chi connectivity index (χ2n) is 6.72. The zero-order valence-corrected chi connectivity index (χ0v) is 14.2. The molecule has 0 saturated carbocycles. The third kappa shape index (κ3) is 2.25. The van der Waals surface area contributed by atoms with E-state index < -0.39 is 73.4 Å². The van der Waals surface area contributed by atoms with E-state index in [1.54, 1.807) is 5.32 Å². The molecule has 1 aromatic carbocycles. The fourth-order valence-electron chi connectivity index (χ4n) is 3.36. The van der Waals surface area contributed by atoms with E-state index in [0.29, 0.717) is 4.90 Å². The summed E-state index contributed by atoms with van der Waals surface area (Å²) in [6.45, 7) is 0. The Morgan fingerprint density at radius 2 is 1.61 bits per heavy atom. The summed E-state index contributed by atoms with van der Waals surface area (Å²) in [6, 6.07) is -2.18. The van der Waals surface area contributed by atoms with Gasteiger partial charge in [0, 0.05) is 11.3 Å². The molecule has 2 aliphatic heterocycles. The van der Waals surface area contributed by atoms with Gasteiger partial charge >= 0.3 is 0 Å². The molecule has 0 aromatic heterocycles. The minimum absolute atomic E-state index is 0.361. The summed E-state index contributed by atoms with van der Waals surface area (Å²) in [5.41, 5.74) is -0.171. The minimum Gasteiger partial charge on any atom is -0.399 e. The highest BCUT2D eigenvalue weighted by atomic mass is 19.1. The molecule has 2 aliphatic rings. The number of nitrogen functional groups attached to an aromatic ring is 1. The van der Waals surface area contributed by atoms with E-state index in [-0.39, 0.29) is 0 Å². The molecule has 1 aromatic rings. The van der Waals surface area contributed by atoms with E-state index in [4.69, 9.17) is 60.7 Å². The van der Waals surface area contributed by atoms with Crippen molar-refractivity contribution in [2.75, 3.05) is 5.73 Å². The zero-order chi connectivity index (χ0) is 21.6. The first-order chi connectivity index (χ1) is 12.6. The number of nitrogens with zero attached hydrogens (tertiary/aromatic N) is 1. The lowest BCUT2D eigenvalue weighted by molar-refractivity contribution is -0.147. The van der Waals surface area contributed by atoms with E-state index in [1.165, 1.54) is 0 Å². The number of amides is 3. The number of hydrogen-bond acceptors (Lipinski definition) is 5. The first-order valence-corrected chi connectivity index (χ1v) is 7.62. The number of anilines is 1. The molecule has 2 unspecified atom stereocenters. The number of carbonyl (C=O) groups excluding carboxylic acids is 3.